The number of rotatable bonds is 3. The van der Waals surface area contributed by atoms with Crippen LogP contribution in [0.15, 0.2) is 18.2 Å². The number of nitrogens with one attached hydrogen (secondary N) is 3. The van der Waals surface area contributed by atoms with Crippen LogP contribution in [-0.4, -0.2) is 17.5 Å². The van der Waals surface area contributed by atoms with E-state index >= 15 is 0 Å². The van der Waals surface area contributed by atoms with Gasteiger partial charge in [0.25, 0.3) is 0 Å². The molecular formula is C16H23N3O2. The number of hydrogen-bond acceptors (Lipinski definition) is 2. The quantitative estimate of drug-likeness (QED) is 0.799. The molecule has 2 rings (SSSR count). The van der Waals surface area contributed by atoms with Crippen LogP contribution in [0.5, 0.6) is 0 Å². The molecule has 21 heavy (non-hydrogen) atoms. The molecule has 5 nitrogen and oxygen atoms in total. The first kappa shape index (κ1) is 15.4. The van der Waals surface area contributed by atoms with Gasteiger partial charge < -0.3 is 16.0 Å². The Hall–Kier alpha value is -2.04. The summed E-state index contributed by atoms with van der Waals surface area (Å²) in [7, 11) is 0. The first-order chi connectivity index (χ1) is 9.74. The Morgan fingerprint density at radius 1 is 1.14 bits per heavy atom. The number of aryl methyl sites for hydroxylation is 1. The second-order valence-corrected chi connectivity index (χ2v) is 6.62. The molecule has 1 aliphatic carbocycles. The number of amides is 3. The van der Waals surface area contributed by atoms with Gasteiger partial charge in [-0.1, -0.05) is 6.07 Å². The molecule has 3 amide bonds. The largest absolute Gasteiger partial charge is 0.333 e. The molecule has 3 N–H and O–H groups in total. The summed E-state index contributed by atoms with van der Waals surface area (Å²) >= 11 is 0. The lowest BCUT2D eigenvalue weighted by Gasteiger charge is -2.21. The summed E-state index contributed by atoms with van der Waals surface area (Å²) in [6.45, 7) is 7.68. The minimum atomic E-state index is -0.296. The number of hydrogen-bond donors (Lipinski definition) is 3. The van der Waals surface area contributed by atoms with Crippen LogP contribution < -0.4 is 16.0 Å². The summed E-state index contributed by atoms with van der Waals surface area (Å²) in [4.78, 5) is 23.7. The van der Waals surface area contributed by atoms with Crippen molar-refractivity contribution in [1.82, 2.24) is 5.32 Å². The molecule has 0 aromatic heterocycles. The van der Waals surface area contributed by atoms with E-state index in [4.69, 9.17) is 0 Å². The fourth-order valence-electron chi connectivity index (χ4n) is 1.92. The predicted molar refractivity (Wildman–Crippen MR) is 84.4 cm³/mol. The molecule has 0 saturated heterocycles. The summed E-state index contributed by atoms with van der Waals surface area (Å²) in [5.41, 5.74) is 2.06. The van der Waals surface area contributed by atoms with Gasteiger partial charge >= 0.3 is 6.03 Å². The monoisotopic (exact) mass is 289 g/mol. The van der Waals surface area contributed by atoms with Crippen molar-refractivity contribution in [2.24, 2.45) is 5.92 Å². The molecular weight excluding hydrogens is 266 g/mol. The highest BCUT2D eigenvalue weighted by atomic mass is 16.2. The van der Waals surface area contributed by atoms with Gasteiger partial charge in [0.05, 0.1) is 0 Å². The number of carbonyl (C=O) groups is 2. The first-order valence-corrected chi connectivity index (χ1v) is 7.25. The van der Waals surface area contributed by atoms with E-state index in [2.05, 4.69) is 16.0 Å². The van der Waals surface area contributed by atoms with Gasteiger partial charge in [-0.25, -0.2) is 4.79 Å². The Morgan fingerprint density at radius 3 is 2.38 bits per heavy atom. The molecule has 0 bridgehead atoms. The smallest absolute Gasteiger partial charge is 0.319 e. The normalized spacial score (nSPS) is 14.5. The van der Waals surface area contributed by atoms with Crippen LogP contribution in [-0.2, 0) is 4.79 Å². The third kappa shape index (κ3) is 4.77. The van der Waals surface area contributed by atoms with E-state index in [1.807, 2.05) is 39.8 Å². The van der Waals surface area contributed by atoms with Crippen LogP contribution in [0.2, 0.25) is 0 Å². The van der Waals surface area contributed by atoms with Crippen LogP contribution in [0, 0.1) is 12.8 Å². The summed E-state index contributed by atoms with van der Waals surface area (Å²) in [6.07, 6.45) is 1.94. The van der Waals surface area contributed by atoms with Gasteiger partial charge in [-0.05, 0) is 58.2 Å². The van der Waals surface area contributed by atoms with E-state index in [1.165, 1.54) is 0 Å². The van der Waals surface area contributed by atoms with E-state index in [0.717, 1.165) is 18.4 Å². The topological polar surface area (TPSA) is 70.2 Å². The zero-order valence-corrected chi connectivity index (χ0v) is 13.0. The Balaban J connectivity index is 2.04. The molecule has 0 heterocycles. The van der Waals surface area contributed by atoms with Crippen LogP contribution >= 0.6 is 0 Å². The van der Waals surface area contributed by atoms with Crippen molar-refractivity contribution in [1.29, 1.82) is 0 Å². The fraction of sp³-hybridized carbons (Fsp3) is 0.500. The maximum atomic E-state index is 11.9. The van der Waals surface area contributed by atoms with E-state index in [0.29, 0.717) is 11.4 Å². The lowest BCUT2D eigenvalue weighted by atomic mass is 10.1. The van der Waals surface area contributed by atoms with Crippen molar-refractivity contribution in [2.45, 2.75) is 46.1 Å². The van der Waals surface area contributed by atoms with Gasteiger partial charge in [0, 0.05) is 22.8 Å². The predicted octanol–water partition coefficient (Wildman–Crippen LogP) is 3.26. The zero-order valence-electron chi connectivity index (χ0n) is 13.0. The molecule has 0 unspecified atom stereocenters. The molecule has 0 atom stereocenters. The highest BCUT2D eigenvalue weighted by Crippen LogP contribution is 2.30. The maximum absolute atomic E-state index is 11.9. The molecule has 114 valence electrons. The van der Waals surface area contributed by atoms with Crippen molar-refractivity contribution >= 4 is 23.3 Å². The van der Waals surface area contributed by atoms with Gasteiger partial charge in [-0.15, -0.1) is 0 Å². The van der Waals surface area contributed by atoms with E-state index in [-0.39, 0.29) is 23.4 Å². The Morgan fingerprint density at radius 2 is 1.81 bits per heavy atom. The molecule has 1 aromatic carbocycles. The summed E-state index contributed by atoms with van der Waals surface area (Å²) in [5.74, 6) is 0.218. The fourth-order valence-corrected chi connectivity index (χ4v) is 1.92. The van der Waals surface area contributed by atoms with Crippen molar-refractivity contribution in [2.75, 3.05) is 10.6 Å². The second kappa shape index (κ2) is 5.76. The standard InChI is InChI=1S/C16H23N3O2/c1-10-5-8-12(17-14(20)11-6-7-11)9-13(10)18-15(21)19-16(2,3)4/h5,8-9,11H,6-7H2,1-4H3,(H,17,20)(H2,18,19,21). The molecule has 0 radical (unpaired) electrons. The SMILES string of the molecule is Cc1ccc(NC(=O)C2CC2)cc1NC(=O)NC(C)(C)C. The second-order valence-electron chi connectivity index (χ2n) is 6.62. The van der Waals surface area contributed by atoms with Crippen molar-refractivity contribution in [3.05, 3.63) is 23.8 Å². The summed E-state index contributed by atoms with van der Waals surface area (Å²) in [5, 5.41) is 8.55. The minimum Gasteiger partial charge on any atom is -0.333 e. The molecule has 0 aliphatic heterocycles. The van der Waals surface area contributed by atoms with Crippen LogP contribution in [0.3, 0.4) is 0 Å². The van der Waals surface area contributed by atoms with Gasteiger partial charge in [0.1, 0.15) is 0 Å². The third-order valence-electron chi connectivity index (χ3n) is 3.19. The van der Waals surface area contributed by atoms with E-state index in [1.54, 1.807) is 6.07 Å². The lowest BCUT2D eigenvalue weighted by molar-refractivity contribution is -0.117. The average Bonchev–Trinajstić information content (AvgIpc) is 3.14. The Kier molecular flexibility index (Phi) is 4.21. The van der Waals surface area contributed by atoms with E-state index < -0.39 is 0 Å². The van der Waals surface area contributed by atoms with Crippen LogP contribution in [0.4, 0.5) is 16.2 Å². The van der Waals surface area contributed by atoms with Crippen molar-refractivity contribution in [3.8, 4) is 0 Å². The maximum Gasteiger partial charge on any atom is 0.319 e. The van der Waals surface area contributed by atoms with Crippen molar-refractivity contribution < 1.29 is 9.59 Å². The van der Waals surface area contributed by atoms with Gasteiger partial charge in [-0.2, -0.15) is 0 Å². The molecule has 0 spiro atoms. The van der Waals surface area contributed by atoms with Gasteiger partial charge in [0.15, 0.2) is 0 Å². The first-order valence-electron chi connectivity index (χ1n) is 7.25. The number of carbonyl (C=O) groups excluding carboxylic acids is 2. The molecule has 5 heteroatoms. The minimum absolute atomic E-state index is 0.0592. The van der Waals surface area contributed by atoms with Crippen LogP contribution in [0.25, 0.3) is 0 Å². The summed E-state index contributed by atoms with van der Waals surface area (Å²) in [6, 6.07) is 5.27. The number of urea groups is 1. The number of anilines is 2. The van der Waals surface area contributed by atoms with Gasteiger partial charge in [0.2, 0.25) is 5.91 Å². The summed E-state index contributed by atoms with van der Waals surface area (Å²) < 4.78 is 0. The van der Waals surface area contributed by atoms with Gasteiger partial charge in [-0.3, -0.25) is 4.79 Å². The molecule has 1 saturated carbocycles. The Bertz CT molecular complexity index is 557. The molecule has 1 fully saturated rings. The lowest BCUT2D eigenvalue weighted by Crippen LogP contribution is -2.43. The third-order valence-corrected chi connectivity index (χ3v) is 3.19. The Labute approximate surface area is 125 Å². The highest BCUT2D eigenvalue weighted by molar-refractivity contribution is 5.96. The number of benzene rings is 1. The zero-order chi connectivity index (χ0) is 15.6. The van der Waals surface area contributed by atoms with Crippen LogP contribution in [0.1, 0.15) is 39.2 Å². The highest BCUT2D eigenvalue weighted by Gasteiger charge is 2.29. The molecule has 1 aliphatic rings. The molecule has 1 aromatic rings. The van der Waals surface area contributed by atoms with Crippen molar-refractivity contribution in [3.63, 3.8) is 0 Å². The average molecular weight is 289 g/mol. The van der Waals surface area contributed by atoms with E-state index in [9.17, 15) is 9.59 Å².